The van der Waals surface area contributed by atoms with Crippen molar-refractivity contribution in [1.29, 1.82) is 0 Å². The number of hydrogen-bond donors (Lipinski definition) is 2. The molecule has 0 aromatic heterocycles. The molecule has 0 aliphatic heterocycles. The summed E-state index contributed by atoms with van der Waals surface area (Å²) in [5.41, 5.74) is 5.39. The molecular weight excluding hydrogens is 372 g/mol. The first-order valence-corrected chi connectivity index (χ1v) is 9.74. The maximum Gasteiger partial charge on any atom is 0.119 e. The minimum absolute atomic E-state index is 0.0162. The molecule has 0 aliphatic rings. The minimum Gasteiger partial charge on any atom is -0.508 e. The molecule has 0 amide bonds. The van der Waals surface area contributed by atoms with Crippen LogP contribution >= 0.6 is 11.6 Å². The van der Waals surface area contributed by atoms with Crippen LogP contribution in [-0.2, 0) is 0 Å². The smallest absolute Gasteiger partial charge is 0.119 e. The number of phenolic OH excluding ortho intramolecular Hbond substituents is 1. The molecule has 28 heavy (non-hydrogen) atoms. The molecule has 3 aromatic carbocycles. The predicted molar refractivity (Wildman–Crippen MR) is 115 cm³/mol. The second kappa shape index (κ2) is 9.98. The van der Waals surface area contributed by atoms with Crippen LogP contribution in [0.2, 0.25) is 0 Å². The van der Waals surface area contributed by atoms with E-state index in [4.69, 9.17) is 21.4 Å². The SMILES string of the molecule is OCCOc1ccc(C(=C(CCCl)c2ccc(O)cc2)c2ccccc2)cc1. The summed E-state index contributed by atoms with van der Waals surface area (Å²) in [7, 11) is 0. The summed E-state index contributed by atoms with van der Waals surface area (Å²) in [6.45, 7) is 0.253. The van der Waals surface area contributed by atoms with Crippen LogP contribution in [0.4, 0.5) is 0 Å². The van der Waals surface area contributed by atoms with Gasteiger partial charge < -0.3 is 14.9 Å². The number of rotatable bonds is 8. The van der Waals surface area contributed by atoms with Crippen molar-refractivity contribution in [3.63, 3.8) is 0 Å². The third-order valence-electron chi connectivity index (χ3n) is 4.43. The van der Waals surface area contributed by atoms with Crippen LogP contribution in [0, 0.1) is 0 Å². The van der Waals surface area contributed by atoms with Crippen molar-refractivity contribution in [3.8, 4) is 11.5 Å². The summed E-state index contributed by atoms with van der Waals surface area (Å²) in [6, 6.07) is 25.3. The molecule has 4 heteroatoms. The van der Waals surface area contributed by atoms with Gasteiger partial charge in [-0.15, -0.1) is 11.6 Å². The Morgan fingerprint density at radius 1 is 0.786 bits per heavy atom. The van der Waals surface area contributed by atoms with E-state index in [2.05, 4.69) is 12.1 Å². The second-order valence-corrected chi connectivity index (χ2v) is 6.68. The summed E-state index contributed by atoms with van der Waals surface area (Å²) in [5, 5.41) is 18.6. The van der Waals surface area contributed by atoms with E-state index >= 15 is 0 Å². The third-order valence-corrected chi connectivity index (χ3v) is 4.62. The van der Waals surface area contributed by atoms with Crippen molar-refractivity contribution in [2.75, 3.05) is 19.1 Å². The lowest BCUT2D eigenvalue weighted by Crippen LogP contribution is -2.01. The highest BCUT2D eigenvalue weighted by atomic mass is 35.5. The summed E-state index contributed by atoms with van der Waals surface area (Å²) in [5.74, 6) is 1.44. The molecule has 0 unspecified atom stereocenters. The molecule has 0 bridgehead atoms. The molecule has 0 saturated carbocycles. The van der Waals surface area contributed by atoms with E-state index in [1.165, 1.54) is 0 Å². The largest absolute Gasteiger partial charge is 0.508 e. The molecule has 0 atom stereocenters. The van der Waals surface area contributed by atoms with Gasteiger partial charge in [0.25, 0.3) is 0 Å². The second-order valence-electron chi connectivity index (χ2n) is 6.30. The molecule has 0 radical (unpaired) electrons. The molecule has 2 N–H and O–H groups in total. The lowest BCUT2D eigenvalue weighted by molar-refractivity contribution is 0.201. The molecule has 3 rings (SSSR count). The topological polar surface area (TPSA) is 49.7 Å². The molecular formula is C24H23ClO3. The fourth-order valence-electron chi connectivity index (χ4n) is 3.17. The molecule has 0 heterocycles. The van der Waals surface area contributed by atoms with Crippen LogP contribution in [0.15, 0.2) is 78.9 Å². The normalized spacial score (nSPS) is 11.8. The van der Waals surface area contributed by atoms with Crippen molar-refractivity contribution in [2.45, 2.75) is 6.42 Å². The summed E-state index contributed by atoms with van der Waals surface area (Å²) >= 11 is 6.15. The monoisotopic (exact) mass is 394 g/mol. The number of allylic oxidation sites excluding steroid dienone is 1. The Hall–Kier alpha value is -2.75. The van der Waals surface area contributed by atoms with Gasteiger partial charge in [-0.1, -0.05) is 54.6 Å². The van der Waals surface area contributed by atoms with E-state index in [0.717, 1.165) is 27.8 Å². The van der Waals surface area contributed by atoms with Gasteiger partial charge in [0, 0.05) is 5.88 Å². The Kier molecular flexibility index (Phi) is 7.12. The quantitative estimate of drug-likeness (QED) is 0.400. The van der Waals surface area contributed by atoms with Crippen molar-refractivity contribution < 1.29 is 14.9 Å². The third kappa shape index (κ3) is 4.94. The van der Waals surface area contributed by atoms with E-state index in [-0.39, 0.29) is 19.0 Å². The van der Waals surface area contributed by atoms with E-state index in [1.54, 1.807) is 12.1 Å². The Morgan fingerprint density at radius 3 is 2.00 bits per heavy atom. The zero-order valence-corrected chi connectivity index (χ0v) is 16.3. The van der Waals surface area contributed by atoms with E-state index in [0.29, 0.717) is 18.1 Å². The first kappa shape index (κ1) is 20.0. The van der Waals surface area contributed by atoms with Gasteiger partial charge in [0.1, 0.15) is 18.1 Å². The number of benzene rings is 3. The highest BCUT2D eigenvalue weighted by Crippen LogP contribution is 2.35. The Morgan fingerprint density at radius 2 is 1.39 bits per heavy atom. The Labute approximate surface area is 170 Å². The lowest BCUT2D eigenvalue weighted by atomic mass is 9.88. The number of alkyl halides is 1. The van der Waals surface area contributed by atoms with E-state index < -0.39 is 0 Å². The minimum atomic E-state index is -0.0162. The van der Waals surface area contributed by atoms with Gasteiger partial charge >= 0.3 is 0 Å². The zero-order valence-electron chi connectivity index (χ0n) is 15.5. The van der Waals surface area contributed by atoms with Gasteiger partial charge in [-0.2, -0.15) is 0 Å². The maximum absolute atomic E-state index is 9.67. The Balaban J connectivity index is 2.14. The van der Waals surface area contributed by atoms with Gasteiger partial charge in [-0.25, -0.2) is 0 Å². The zero-order chi connectivity index (χ0) is 19.8. The average Bonchev–Trinajstić information content (AvgIpc) is 2.74. The van der Waals surface area contributed by atoms with Crippen LogP contribution < -0.4 is 4.74 Å². The van der Waals surface area contributed by atoms with Gasteiger partial charge in [0.15, 0.2) is 0 Å². The molecule has 0 saturated heterocycles. The van der Waals surface area contributed by atoms with Crippen molar-refractivity contribution >= 4 is 22.7 Å². The van der Waals surface area contributed by atoms with Crippen LogP contribution in [0.5, 0.6) is 11.5 Å². The summed E-state index contributed by atoms with van der Waals surface area (Å²) < 4.78 is 5.49. The van der Waals surface area contributed by atoms with Gasteiger partial charge in [-0.05, 0) is 58.5 Å². The first-order chi connectivity index (χ1) is 13.7. The Bertz CT molecular complexity index is 901. The standard InChI is InChI=1S/C24H23ClO3/c25-15-14-23(18-6-10-21(27)11-7-18)24(19-4-2-1-3-5-19)20-8-12-22(13-9-20)28-17-16-26/h1-13,26-27H,14-17H2. The van der Waals surface area contributed by atoms with E-state index in [1.807, 2.05) is 54.6 Å². The van der Waals surface area contributed by atoms with Gasteiger partial charge in [-0.3, -0.25) is 0 Å². The number of hydrogen-bond acceptors (Lipinski definition) is 3. The number of aromatic hydroxyl groups is 1. The number of ether oxygens (including phenoxy) is 1. The molecule has 144 valence electrons. The van der Waals surface area contributed by atoms with Crippen LogP contribution in [0.25, 0.3) is 11.1 Å². The number of halogens is 1. The van der Waals surface area contributed by atoms with Crippen molar-refractivity contribution in [2.24, 2.45) is 0 Å². The molecule has 3 nitrogen and oxygen atoms in total. The molecule has 0 spiro atoms. The fraction of sp³-hybridized carbons (Fsp3) is 0.167. The molecule has 3 aromatic rings. The van der Waals surface area contributed by atoms with Crippen LogP contribution in [-0.4, -0.2) is 29.3 Å². The van der Waals surface area contributed by atoms with E-state index in [9.17, 15) is 5.11 Å². The highest BCUT2D eigenvalue weighted by Gasteiger charge is 2.14. The number of aliphatic hydroxyl groups is 1. The highest BCUT2D eigenvalue weighted by molar-refractivity contribution is 6.18. The van der Waals surface area contributed by atoms with Crippen molar-refractivity contribution in [3.05, 3.63) is 95.6 Å². The summed E-state index contributed by atoms with van der Waals surface area (Å²) in [4.78, 5) is 0. The molecule has 0 aliphatic carbocycles. The molecule has 0 fully saturated rings. The van der Waals surface area contributed by atoms with Crippen molar-refractivity contribution in [1.82, 2.24) is 0 Å². The predicted octanol–water partition coefficient (Wildman–Crippen LogP) is 5.35. The maximum atomic E-state index is 9.67. The number of aliphatic hydroxyl groups excluding tert-OH is 1. The number of phenols is 1. The fourth-order valence-corrected chi connectivity index (χ4v) is 3.36. The first-order valence-electron chi connectivity index (χ1n) is 9.21. The summed E-state index contributed by atoms with van der Waals surface area (Å²) in [6.07, 6.45) is 0.694. The van der Waals surface area contributed by atoms with Crippen LogP contribution in [0.1, 0.15) is 23.1 Å². The lowest BCUT2D eigenvalue weighted by Gasteiger charge is -2.17. The van der Waals surface area contributed by atoms with Gasteiger partial charge in [0.2, 0.25) is 0 Å². The van der Waals surface area contributed by atoms with Gasteiger partial charge in [0.05, 0.1) is 6.61 Å². The average molecular weight is 395 g/mol. The van der Waals surface area contributed by atoms with Crippen LogP contribution in [0.3, 0.4) is 0 Å².